The maximum Gasteiger partial charge on any atom is 0.347 e. The van der Waals surface area contributed by atoms with Crippen LogP contribution < -0.4 is 10.9 Å². The predicted octanol–water partition coefficient (Wildman–Crippen LogP) is 2.79. The monoisotopic (exact) mass is 348 g/mol. The molecular formula is C19H16N4O3. The standard InChI is InChI=1S/C19H16N4O3/c1-11-3-4-15-13(7-11)18-14(19(25)26-15)9-21-23(18)10-17(24)22-16-8-12(2)5-6-20-16/h3-9H,10H2,1-2H3,(H,20,22,24). The van der Waals surface area contributed by atoms with Gasteiger partial charge in [0.1, 0.15) is 23.3 Å². The van der Waals surface area contributed by atoms with Crippen molar-refractivity contribution < 1.29 is 9.21 Å². The molecule has 0 aliphatic heterocycles. The minimum Gasteiger partial charge on any atom is -0.422 e. The van der Waals surface area contributed by atoms with Gasteiger partial charge in [0.15, 0.2) is 0 Å². The number of anilines is 1. The lowest BCUT2D eigenvalue weighted by Gasteiger charge is -2.07. The number of benzene rings is 1. The van der Waals surface area contributed by atoms with Crippen LogP contribution in [0.4, 0.5) is 5.82 Å². The summed E-state index contributed by atoms with van der Waals surface area (Å²) in [6, 6.07) is 9.17. The van der Waals surface area contributed by atoms with Crippen LogP contribution in [0.5, 0.6) is 0 Å². The van der Waals surface area contributed by atoms with E-state index in [1.165, 1.54) is 10.9 Å². The van der Waals surface area contributed by atoms with Crippen LogP contribution in [-0.4, -0.2) is 20.7 Å². The number of aryl methyl sites for hydroxylation is 2. The summed E-state index contributed by atoms with van der Waals surface area (Å²) in [7, 11) is 0. The number of carbonyl (C=O) groups excluding carboxylic acids is 1. The van der Waals surface area contributed by atoms with Crippen molar-refractivity contribution in [3.8, 4) is 0 Å². The van der Waals surface area contributed by atoms with Gasteiger partial charge in [-0.1, -0.05) is 11.6 Å². The lowest BCUT2D eigenvalue weighted by molar-refractivity contribution is -0.116. The van der Waals surface area contributed by atoms with Crippen LogP contribution in [-0.2, 0) is 11.3 Å². The smallest absolute Gasteiger partial charge is 0.347 e. The molecular weight excluding hydrogens is 332 g/mol. The summed E-state index contributed by atoms with van der Waals surface area (Å²) in [6.45, 7) is 3.84. The Balaban J connectivity index is 1.75. The molecule has 0 atom stereocenters. The number of pyridine rings is 1. The molecule has 0 aliphatic rings. The third-order valence-electron chi connectivity index (χ3n) is 4.13. The van der Waals surface area contributed by atoms with Gasteiger partial charge in [-0.2, -0.15) is 5.10 Å². The van der Waals surface area contributed by atoms with Crippen molar-refractivity contribution in [1.82, 2.24) is 14.8 Å². The molecule has 3 aromatic heterocycles. The van der Waals surface area contributed by atoms with Crippen LogP contribution in [0.15, 0.2) is 51.9 Å². The first-order valence-electron chi connectivity index (χ1n) is 8.13. The molecule has 1 aromatic carbocycles. The van der Waals surface area contributed by atoms with Crippen LogP contribution in [0.2, 0.25) is 0 Å². The van der Waals surface area contributed by atoms with Crippen LogP contribution >= 0.6 is 0 Å². The zero-order valence-electron chi connectivity index (χ0n) is 14.3. The maximum absolute atomic E-state index is 12.4. The fraction of sp³-hybridized carbons (Fsp3) is 0.158. The number of nitrogens with one attached hydrogen (secondary N) is 1. The van der Waals surface area contributed by atoms with E-state index in [1.54, 1.807) is 18.3 Å². The van der Waals surface area contributed by atoms with E-state index in [1.807, 2.05) is 32.0 Å². The van der Waals surface area contributed by atoms with Gasteiger partial charge < -0.3 is 9.73 Å². The summed E-state index contributed by atoms with van der Waals surface area (Å²) in [4.78, 5) is 28.7. The number of carbonyl (C=O) groups is 1. The van der Waals surface area contributed by atoms with E-state index in [4.69, 9.17) is 4.42 Å². The zero-order chi connectivity index (χ0) is 18.3. The van der Waals surface area contributed by atoms with Crippen molar-refractivity contribution in [2.24, 2.45) is 0 Å². The van der Waals surface area contributed by atoms with E-state index >= 15 is 0 Å². The van der Waals surface area contributed by atoms with Crippen molar-refractivity contribution in [2.75, 3.05) is 5.32 Å². The van der Waals surface area contributed by atoms with Crippen molar-refractivity contribution in [3.05, 3.63) is 64.3 Å². The summed E-state index contributed by atoms with van der Waals surface area (Å²) >= 11 is 0. The van der Waals surface area contributed by atoms with Gasteiger partial charge in [-0.05, 0) is 43.7 Å². The topological polar surface area (TPSA) is 90.0 Å². The molecule has 4 aromatic rings. The van der Waals surface area contributed by atoms with Crippen molar-refractivity contribution in [1.29, 1.82) is 0 Å². The molecule has 1 N–H and O–H groups in total. The number of rotatable bonds is 3. The van der Waals surface area contributed by atoms with Crippen LogP contribution in [0.1, 0.15) is 11.1 Å². The first kappa shape index (κ1) is 16.0. The first-order chi connectivity index (χ1) is 12.5. The molecule has 0 unspecified atom stereocenters. The quantitative estimate of drug-likeness (QED) is 0.575. The lowest BCUT2D eigenvalue weighted by atomic mass is 10.1. The molecule has 3 heterocycles. The largest absolute Gasteiger partial charge is 0.422 e. The summed E-state index contributed by atoms with van der Waals surface area (Å²) in [5.41, 5.74) is 2.61. The molecule has 0 saturated heterocycles. The van der Waals surface area contributed by atoms with E-state index in [0.717, 1.165) is 16.5 Å². The second-order valence-electron chi connectivity index (χ2n) is 6.22. The molecule has 0 spiro atoms. The summed E-state index contributed by atoms with van der Waals surface area (Å²) in [5, 5.41) is 8.06. The molecule has 0 radical (unpaired) electrons. The Morgan fingerprint density at radius 1 is 1.15 bits per heavy atom. The van der Waals surface area contributed by atoms with E-state index in [-0.39, 0.29) is 12.5 Å². The second kappa shape index (κ2) is 6.11. The van der Waals surface area contributed by atoms with E-state index < -0.39 is 5.63 Å². The molecule has 7 heteroatoms. The Kier molecular flexibility index (Phi) is 3.76. The van der Waals surface area contributed by atoms with Gasteiger partial charge in [0.2, 0.25) is 5.91 Å². The average Bonchev–Trinajstić information content (AvgIpc) is 3.00. The molecule has 0 fully saturated rings. The van der Waals surface area contributed by atoms with E-state index in [0.29, 0.717) is 22.3 Å². The number of nitrogens with zero attached hydrogens (tertiary/aromatic N) is 3. The van der Waals surface area contributed by atoms with Crippen LogP contribution in [0.25, 0.3) is 21.9 Å². The van der Waals surface area contributed by atoms with E-state index in [9.17, 15) is 9.59 Å². The van der Waals surface area contributed by atoms with Gasteiger partial charge in [0.25, 0.3) is 0 Å². The summed E-state index contributed by atoms with van der Waals surface area (Å²) in [6.07, 6.45) is 3.07. The number of hydrogen-bond acceptors (Lipinski definition) is 5. The van der Waals surface area contributed by atoms with Gasteiger partial charge >= 0.3 is 5.63 Å². The van der Waals surface area contributed by atoms with Crippen LogP contribution in [0.3, 0.4) is 0 Å². The minimum atomic E-state index is -0.469. The fourth-order valence-electron chi connectivity index (χ4n) is 2.93. The highest BCUT2D eigenvalue weighted by Crippen LogP contribution is 2.23. The average molecular weight is 348 g/mol. The Labute approximate surface area is 148 Å². The molecule has 4 rings (SSSR count). The minimum absolute atomic E-state index is 0.0361. The van der Waals surface area contributed by atoms with Crippen molar-refractivity contribution in [2.45, 2.75) is 20.4 Å². The Bertz CT molecular complexity index is 1210. The van der Waals surface area contributed by atoms with Gasteiger partial charge in [-0.3, -0.25) is 9.48 Å². The van der Waals surface area contributed by atoms with E-state index in [2.05, 4.69) is 15.4 Å². The zero-order valence-corrected chi connectivity index (χ0v) is 14.3. The van der Waals surface area contributed by atoms with Gasteiger partial charge in [-0.15, -0.1) is 0 Å². The van der Waals surface area contributed by atoms with Crippen LogP contribution in [0, 0.1) is 13.8 Å². The molecule has 26 heavy (non-hydrogen) atoms. The van der Waals surface area contributed by atoms with Gasteiger partial charge in [0, 0.05) is 11.6 Å². The number of aromatic nitrogens is 3. The molecule has 7 nitrogen and oxygen atoms in total. The Hall–Kier alpha value is -3.48. The normalized spacial score (nSPS) is 11.2. The maximum atomic E-state index is 12.4. The van der Waals surface area contributed by atoms with Crippen molar-refractivity contribution in [3.63, 3.8) is 0 Å². The molecule has 0 saturated carbocycles. The fourth-order valence-corrected chi connectivity index (χ4v) is 2.93. The van der Waals surface area contributed by atoms with Crippen molar-refractivity contribution >= 4 is 33.6 Å². The number of hydrogen-bond donors (Lipinski definition) is 1. The molecule has 0 aliphatic carbocycles. The SMILES string of the molecule is Cc1ccnc(NC(=O)Cn2ncc3c(=O)oc4ccc(C)cc4c32)c1. The van der Waals surface area contributed by atoms with Gasteiger partial charge in [0.05, 0.1) is 11.7 Å². The molecule has 1 amide bonds. The highest BCUT2D eigenvalue weighted by Gasteiger charge is 2.15. The molecule has 0 bridgehead atoms. The summed E-state index contributed by atoms with van der Waals surface area (Å²) < 4.78 is 6.85. The summed E-state index contributed by atoms with van der Waals surface area (Å²) in [5.74, 6) is 0.203. The molecule has 130 valence electrons. The lowest BCUT2D eigenvalue weighted by Crippen LogP contribution is -2.20. The predicted molar refractivity (Wildman–Crippen MR) is 98.1 cm³/mol. The van der Waals surface area contributed by atoms with Gasteiger partial charge in [-0.25, -0.2) is 9.78 Å². The second-order valence-corrected chi connectivity index (χ2v) is 6.22. The number of amides is 1. The highest BCUT2D eigenvalue weighted by molar-refractivity contribution is 6.03. The third-order valence-corrected chi connectivity index (χ3v) is 4.13. The number of fused-ring (bicyclic) bond motifs is 3. The highest BCUT2D eigenvalue weighted by atomic mass is 16.4. The Morgan fingerprint density at radius 2 is 1.96 bits per heavy atom. The third kappa shape index (κ3) is 2.83. The Morgan fingerprint density at radius 3 is 2.77 bits per heavy atom. The first-order valence-corrected chi connectivity index (χ1v) is 8.13.